The van der Waals surface area contributed by atoms with Gasteiger partial charge in [-0.05, 0) is 44.1 Å². The van der Waals surface area contributed by atoms with E-state index < -0.39 is 0 Å². The Morgan fingerprint density at radius 2 is 2.22 bits per heavy atom. The van der Waals surface area contributed by atoms with Gasteiger partial charge in [-0.25, -0.2) is 0 Å². The van der Waals surface area contributed by atoms with Crippen LogP contribution in [0.2, 0.25) is 0 Å². The molecule has 102 valence electrons. The van der Waals surface area contributed by atoms with Crippen LogP contribution in [0.15, 0.2) is 12.3 Å². The van der Waals surface area contributed by atoms with Crippen molar-refractivity contribution in [1.82, 2.24) is 15.1 Å². The fourth-order valence-electron chi connectivity index (χ4n) is 2.17. The Morgan fingerprint density at radius 3 is 2.83 bits per heavy atom. The Kier molecular flexibility index (Phi) is 4.10. The highest BCUT2D eigenvalue weighted by Gasteiger charge is 2.26. The highest BCUT2D eigenvalue weighted by molar-refractivity contribution is 5.03. The molecule has 0 amide bonds. The number of hydrogen-bond donors (Lipinski definition) is 1. The van der Waals surface area contributed by atoms with E-state index in [1.165, 1.54) is 18.5 Å². The summed E-state index contributed by atoms with van der Waals surface area (Å²) >= 11 is 0. The van der Waals surface area contributed by atoms with Crippen LogP contribution in [-0.2, 0) is 6.42 Å². The van der Waals surface area contributed by atoms with Crippen molar-refractivity contribution in [2.24, 2.45) is 5.41 Å². The van der Waals surface area contributed by atoms with Crippen LogP contribution in [-0.4, -0.2) is 22.4 Å². The summed E-state index contributed by atoms with van der Waals surface area (Å²) < 4.78 is 2.10. The highest BCUT2D eigenvalue weighted by atomic mass is 15.3. The molecule has 1 aromatic heterocycles. The molecule has 0 spiro atoms. The third kappa shape index (κ3) is 3.84. The van der Waals surface area contributed by atoms with Crippen LogP contribution in [0.1, 0.15) is 58.7 Å². The molecule has 18 heavy (non-hydrogen) atoms. The van der Waals surface area contributed by atoms with Crippen LogP contribution in [0.5, 0.6) is 0 Å². The van der Waals surface area contributed by atoms with E-state index in [2.05, 4.69) is 50.0 Å². The van der Waals surface area contributed by atoms with Crippen LogP contribution < -0.4 is 5.32 Å². The van der Waals surface area contributed by atoms with Gasteiger partial charge in [0, 0.05) is 24.8 Å². The lowest BCUT2D eigenvalue weighted by Gasteiger charge is -2.24. The summed E-state index contributed by atoms with van der Waals surface area (Å²) in [4.78, 5) is 0. The van der Waals surface area contributed by atoms with Crippen LogP contribution in [0, 0.1) is 5.41 Å². The quantitative estimate of drug-likeness (QED) is 0.804. The first-order chi connectivity index (χ1) is 8.50. The van der Waals surface area contributed by atoms with Crippen molar-refractivity contribution in [1.29, 1.82) is 0 Å². The Hall–Kier alpha value is -0.830. The van der Waals surface area contributed by atoms with E-state index >= 15 is 0 Å². The second-order valence-corrected chi connectivity index (χ2v) is 6.54. The molecule has 0 saturated heterocycles. The molecule has 0 aliphatic heterocycles. The maximum Gasteiger partial charge on any atom is 0.0630 e. The third-order valence-electron chi connectivity index (χ3n) is 3.81. The predicted molar refractivity (Wildman–Crippen MR) is 75.7 cm³/mol. The predicted octanol–water partition coefficient (Wildman–Crippen LogP) is 3.17. The van der Waals surface area contributed by atoms with Crippen molar-refractivity contribution in [3.05, 3.63) is 18.0 Å². The molecular weight excluding hydrogens is 222 g/mol. The zero-order valence-electron chi connectivity index (χ0n) is 12.2. The number of aromatic nitrogens is 2. The van der Waals surface area contributed by atoms with Crippen molar-refractivity contribution >= 4 is 0 Å². The number of nitrogens with zero attached hydrogens (tertiary/aromatic N) is 2. The molecule has 3 nitrogen and oxygen atoms in total. The lowest BCUT2D eigenvalue weighted by molar-refractivity contribution is 0.331. The van der Waals surface area contributed by atoms with E-state index in [-0.39, 0.29) is 5.41 Å². The molecule has 0 aromatic carbocycles. The van der Waals surface area contributed by atoms with Crippen LogP contribution >= 0.6 is 0 Å². The van der Waals surface area contributed by atoms with Crippen molar-refractivity contribution in [2.45, 2.75) is 65.5 Å². The zero-order valence-corrected chi connectivity index (χ0v) is 12.2. The van der Waals surface area contributed by atoms with E-state index in [0.717, 1.165) is 25.4 Å². The fraction of sp³-hybridized carbons (Fsp3) is 0.800. The van der Waals surface area contributed by atoms with Gasteiger partial charge in [-0.15, -0.1) is 0 Å². The van der Waals surface area contributed by atoms with Crippen LogP contribution in [0.3, 0.4) is 0 Å². The fourth-order valence-corrected chi connectivity index (χ4v) is 2.17. The summed E-state index contributed by atoms with van der Waals surface area (Å²) in [5.41, 5.74) is 1.51. The van der Waals surface area contributed by atoms with Crippen LogP contribution in [0.4, 0.5) is 0 Å². The summed E-state index contributed by atoms with van der Waals surface area (Å²) in [5.74, 6) is 0. The van der Waals surface area contributed by atoms with Gasteiger partial charge in [-0.1, -0.05) is 20.8 Å². The van der Waals surface area contributed by atoms with Gasteiger partial charge >= 0.3 is 0 Å². The largest absolute Gasteiger partial charge is 0.313 e. The summed E-state index contributed by atoms with van der Waals surface area (Å²) in [7, 11) is 0. The first kappa shape index (κ1) is 13.6. The lowest BCUT2D eigenvalue weighted by Crippen LogP contribution is -2.32. The molecule has 1 heterocycles. The summed E-state index contributed by atoms with van der Waals surface area (Å²) in [6.07, 6.45) is 7.02. The van der Waals surface area contributed by atoms with E-state index in [1.807, 2.05) is 0 Å². The Labute approximate surface area is 111 Å². The van der Waals surface area contributed by atoms with E-state index in [4.69, 9.17) is 5.10 Å². The van der Waals surface area contributed by atoms with Crippen molar-refractivity contribution in [3.63, 3.8) is 0 Å². The second kappa shape index (κ2) is 5.43. The summed E-state index contributed by atoms with van der Waals surface area (Å²) in [6.45, 7) is 10.2. The second-order valence-electron chi connectivity index (χ2n) is 6.54. The first-order valence-electron chi connectivity index (χ1n) is 7.27. The molecule has 2 rings (SSSR count). The standard InChI is InChI=1S/C15H27N3/c1-5-12(2)18-9-8-14(17-18)10-15(3,4)11-16-13-6-7-13/h8-9,12-13,16H,5-7,10-11H2,1-4H3. The van der Waals surface area contributed by atoms with Gasteiger partial charge in [-0.2, -0.15) is 5.10 Å². The van der Waals surface area contributed by atoms with E-state index in [0.29, 0.717) is 6.04 Å². The monoisotopic (exact) mass is 249 g/mol. The minimum atomic E-state index is 0.289. The van der Waals surface area contributed by atoms with Crippen LogP contribution in [0.25, 0.3) is 0 Å². The smallest absolute Gasteiger partial charge is 0.0630 e. The number of nitrogens with one attached hydrogen (secondary N) is 1. The molecule has 1 aliphatic carbocycles. The van der Waals surface area contributed by atoms with Gasteiger partial charge in [0.2, 0.25) is 0 Å². The van der Waals surface area contributed by atoms with Gasteiger partial charge in [-0.3, -0.25) is 4.68 Å². The van der Waals surface area contributed by atoms with Crippen molar-refractivity contribution < 1.29 is 0 Å². The number of rotatable bonds is 7. The zero-order chi connectivity index (χ0) is 13.2. The normalized spacial score (nSPS) is 18.0. The Morgan fingerprint density at radius 1 is 1.50 bits per heavy atom. The van der Waals surface area contributed by atoms with Gasteiger partial charge in [0.1, 0.15) is 0 Å². The summed E-state index contributed by atoms with van der Waals surface area (Å²) in [5, 5.41) is 8.32. The van der Waals surface area contributed by atoms with E-state index in [1.54, 1.807) is 0 Å². The molecule has 1 fully saturated rings. The Bertz CT molecular complexity index is 377. The van der Waals surface area contributed by atoms with Gasteiger partial charge in [0.15, 0.2) is 0 Å². The molecule has 1 aliphatic rings. The minimum Gasteiger partial charge on any atom is -0.313 e. The van der Waals surface area contributed by atoms with Crippen molar-refractivity contribution in [2.75, 3.05) is 6.54 Å². The molecule has 1 aromatic rings. The molecule has 0 radical (unpaired) electrons. The first-order valence-corrected chi connectivity index (χ1v) is 7.27. The molecule has 3 heteroatoms. The van der Waals surface area contributed by atoms with E-state index in [9.17, 15) is 0 Å². The minimum absolute atomic E-state index is 0.289. The Balaban J connectivity index is 1.88. The number of hydrogen-bond acceptors (Lipinski definition) is 2. The lowest BCUT2D eigenvalue weighted by atomic mass is 9.88. The molecule has 1 atom stereocenters. The SMILES string of the molecule is CCC(C)n1ccc(CC(C)(C)CNC2CC2)n1. The van der Waals surface area contributed by atoms with Crippen molar-refractivity contribution in [3.8, 4) is 0 Å². The third-order valence-corrected chi connectivity index (χ3v) is 3.81. The maximum atomic E-state index is 4.70. The summed E-state index contributed by atoms with van der Waals surface area (Å²) in [6, 6.07) is 3.47. The van der Waals surface area contributed by atoms with Gasteiger partial charge < -0.3 is 5.32 Å². The average Bonchev–Trinajstić information content (AvgIpc) is 3.05. The molecule has 0 bridgehead atoms. The van der Waals surface area contributed by atoms with Gasteiger partial charge in [0.25, 0.3) is 0 Å². The molecule has 1 unspecified atom stereocenters. The highest BCUT2D eigenvalue weighted by Crippen LogP contribution is 2.24. The molecular formula is C15H27N3. The molecule has 1 N–H and O–H groups in total. The topological polar surface area (TPSA) is 29.9 Å². The maximum absolute atomic E-state index is 4.70. The van der Waals surface area contributed by atoms with Gasteiger partial charge in [0.05, 0.1) is 5.69 Å². The molecule has 1 saturated carbocycles. The average molecular weight is 249 g/mol.